The molecule has 4 nitrogen and oxygen atoms in total. The van der Waals surface area contributed by atoms with Crippen molar-refractivity contribution in [1.29, 1.82) is 5.26 Å². The molecule has 1 unspecified atom stereocenters. The lowest BCUT2D eigenvalue weighted by molar-refractivity contribution is -0.129. The van der Waals surface area contributed by atoms with Crippen LogP contribution in [0.4, 0.5) is 0 Å². The molecule has 14 heavy (non-hydrogen) atoms. The second-order valence-electron chi connectivity index (χ2n) is 3.25. The Bertz CT molecular complexity index is 285. The number of halogens is 1. The zero-order valence-electron chi connectivity index (χ0n) is 7.70. The number of carbonyl (C=O) groups is 2. The van der Waals surface area contributed by atoms with Gasteiger partial charge >= 0.3 is 0 Å². The third-order valence-electron chi connectivity index (χ3n) is 2.31. The molecule has 76 valence electrons. The van der Waals surface area contributed by atoms with Crippen LogP contribution in [0, 0.1) is 11.3 Å². The molecule has 0 radical (unpaired) electrons. The van der Waals surface area contributed by atoms with E-state index in [1.807, 2.05) is 6.07 Å². The largest absolute Gasteiger partial charge is 0.338 e. The van der Waals surface area contributed by atoms with Crippen molar-refractivity contribution in [2.45, 2.75) is 31.7 Å². The number of amides is 1. The van der Waals surface area contributed by atoms with Gasteiger partial charge in [0.2, 0.25) is 11.1 Å². The maximum Gasteiger partial charge on any atom is 0.223 e. The molecule has 0 saturated carbocycles. The lowest BCUT2D eigenvalue weighted by atomic mass is 10.1. The average Bonchev–Trinajstić information content (AvgIpc) is 2.44. The highest BCUT2D eigenvalue weighted by Gasteiger charge is 2.31. The minimum Gasteiger partial charge on any atom is -0.338 e. The number of carbonyl (C=O) groups excluding carboxylic acids is 2. The van der Waals surface area contributed by atoms with Gasteiger partial charge in [-0.2, -0.15) is 5.26 Å². The van der Waals surface area contributed by atoms with Crippen LogP contribution in [0.2, 0.25) is 0 Å². The maximum absolute atomic E-state index is 11.3. The Morgan fingerprint density at radius 1 is 1.71 bits per heavy atom. The number of rotatable bonds is 4. The van der Waals surface area contributed by atoms with Crippen LogP contribution in [0.3, 0.4) is 0 Å². The van der Waals surface area contributed by atoms with Gasteiger partial charge in [0.1, 0.15) is 0 Å². The van der Waals surface area contributed by atoms with Gasteiger partial charge in [0.05, 0.1) is 12.5 Å². The number of hydrogen-bond donors (Lipinski definition) is 0. The summed E-state index contributed by atoms with van der Waals surface area (Å²) < 4.78 is 0. The van der Waals surface area contributed by atoms with Crippen molar-refractivity contribution in [2.24, 2.45) is 0 Å². The van der Waals surface area contributed by atoms with Crippen LogP contribution >= 0.6 is 11.6 Å². The summed E-state index contributed by atoms with van der Waals surface area (Å²) in [7, 11) is 0. The maximum atomic E-state index is 11.3. The van der Waals surface area contributed by atoms with E-state index in [-0.39, 0.29) is 18.4 Å². The summed E-state index contributed by atoms with van der Waals surface area (Å²) in [6, 6.07) is 1.88. The van der Waals surface area contributed by atoms with E-state index in [1.165, 1.54) is 0 Å². The first kappa shape index (κ1) is 11.0. The number of hydrogen-bond acceptors (Lipinski definition) is 3. The summed E-state index contributed by atoms with van der Waals surface area (Å²) >= 11 is 5.26. The van der Waals surface area contributed by atoms with E-state index < -0.39 is 5.24 Å². The number of nitriles is 1. The van der Waals surface area contributed by atoms with Gasteiger partial charge in [-0.3, -0.25) is 9.59 Å². The summed E-state index contributed by atoms with van der Waals surface area (Å²) in [4.78, 5) is 23.6. The van der Waals surface area contributed by atoms with E-state index >= 15 is 0 Å². The van der Waals surface area contributed by atoms with Crippen molar-refractivity contribution in [3.63, 3.8) is 0 Å². The van der Waals surface area contributed by atoms with Crippen LogP contribution in [-0.4, -0.2) is 28.6 Å². The fourth-order valence-corrected chi connectivity index (χ4v) is 1.85. The van der Waals surface area contributed by atoms with E-state index in [2.05, 4.69) is 0 Å². The van der Waals surface area contributed by atoms with E-state index in [4.69, 9.17) is 16.9 Å². The van der Waals surface area contributed by atoms with Crippen LogP contribution in [0.25, 0.3) is 0 Å². The zero-order valence-corrected chi connectivity index (χ0v) is 8.46. The van der Waals surface area contributed by atoms with Gasteiger partial charge < -0.3 is 4.90 Å². The van der Waals surface area contributed by atoms with E-state index in [0.29, 0.717) is 25.8 Å². The molecule has 0 N–H and O–H groups in total. The van der Waals surface area contributed by atoms with Gasteiger partial charge in [0.15, 0.2) is 0 Å². The molecule has 1 atom stereocenters. The van der Waals surface area contributed by atoms with Gasteiger partial charge in [0.25, 0.3) is 0 Å². The molecule has 1 aliphatic heterocycles. The first-order chi connectivity index (χ1) is 6.65. The standard InChI is InChI=1S/C9H11ClN2O2/c10-8(13)6-7-2-3-9(14)12(7)5-1-4-11/h7H,1-3,5-6H2. The first-order valence-electron chi connectivity index (χ1n) is 4.50. The molecular formula is C9H11ClN2O2. The summed E-state index contributed by atoms with van der Waals surface area (Å²) in [6.07, 6.45) is 1.63. The van der Waals surface area contributed by atoms with Crippen LogP contribution in [-0.2, 0) is 9.59 Å². The normalized spacial score (nSPS) is 21.0. The van der Waals surface area contributed by atoms with Crippen molar-refractivity contribution in [3.8, 4) is 6.07 Å². The van der Waals surface area contributed by atoms with Crippen LogP contribution in [0.1, 0.15) is 25.7 Å². The number of nitrogens with zero attached hydrogens (tertiary/aromatic N) is 2. The first-order valence-corrected chi connectivity index (χ1v) is 4.87. The second-order valence-corrected chi connectivity index (χ2v) is 3.67. The molecular weight excluding hydrogens is 204 g/mol. The molecule has 1 saturated heterocycles. The molecule has 1 fully saturated rings. The highest BCUT2D eigenvalue weighted by Crippen LogP contribution is 2.22. The molecule has 0 aromatic rings. The van der Waals surface area contributed by atoms with Gasteiger partial charge in [-0.25, -0.2) is 0 Å². The third-order valence-corrected chi connectivity index (χ3v) is 2.47. The molecule has 5 heteroatoms. The van der Waals surface area contributed by atoms with E-state index in [9.17, 15) is 9.59 Å². The smallest absolute Gasteiger partial charge is 0.223 e. The minimum absolute atomic E-state index is 0.0168. The van der Waals surface area contributed by atoms with Crippen molar-refractivity contribution in [3.05, 3.63) is 0 Å². The lowest BCUT2D eigenvalue weighted by Crippen LogP contribution is -2.34. The molecule has 1 amide bonds. The van der Waals surface area contributed by atoms with Gasteiger partial charge in [-0.05, 0) is 18.0 Å². The van der Waals surface area contributed by atoms with Crippen LogP contribution in [0.15, 0.2) is 0 Å². The summed E-state index contributed by atoms with van der Waals surface area (Å²) in [5.41, 5.74) is 0. The second kappa shape index (κ2) is 4.97. The average molecular weight is 215 g/mol. The zero-order chi connectivity index (χ0) is 10.6. The molecule has 0 aromatic carbocycles. The molecule has 0 bridgehead atoms. The Hall–Kier alpha value is -1.08. The summed E-state index contributed by atoms with van der Waals surface area (Å²) in [6.45, 7) is 0.407. The summed E-state index contributed by atoms with van der Waals surface area (Å²) in [5.74, 6) is 0.0168. The predicted octanol–water partition coefficient (Wildman–Crippen LogP) is 1.05. The van der Waals surface area contributed by atoms with Crippen molar-refractivity contribution < 1.29 is 9.59 Å². The molecule has 1 heterocycles. The fourth-order valence-electron chi connectivity index (χ4n) is 1.67. The quantitative estimate of drug-likeness (QED) is 0.657. The Balaban J connectivity index is 2.53. The van der Waals surface area contributed by atoms with Gasteiger partial charge in [0, 0.05) is 25.4 Å². The Morgan fingerprint density at radius 2 is 2.43 bits per heavy atom. The monoisotopic (exact) mass is 214 g/mol. The molecule has 0 aliphatic carbocycles. The molecule has 0 aromatic heterocycles. The highest BCUT2D eigenvalue weighted by molar-refractivity contribution is 6.63. The fraction of sp³-hybridized carbons (Fsp3) is 0.667. The lowest BCUT2D eigenvalue weighted by Gasteiger charge is -2.22. The van der Waals surface area contributed by atoms with Gasteiger partial charge in [-0.1, -0.05) is 0 Å². The van der Waals surface area contributed by atoms with Crippen molar-refractivity contribution >= 4 is 22.8 Å². The molecule has 0 spiro atoms. The predicted molar refractivity (Wildman–Crippen MR) is 50.4 cm³/mol. The van der Waals surface area contributed by atoms with E-state index in [0.717, 1.165) is 0 Å². The van der Waals surface area contributed by atoms with Crippen LogP contribution in [0.5, 0.6) is 0 Å². The Morgan fingerprint density at radius 3 is 3.00 bits per heavy atom. The Labute approximate surface area is 87.4 Å². The minimum atomic E-state index is -0.424. The van der Waals surface area contributed by atoms with E-state index in [1.54, 1.807) is 4.90 Å². The number of likely N-dealkylation sites (tertiary alicyclic amines) is 1. The van der Waals surface area contributed by atoms with Crippen molar-refractivity contribution in [1.82, 2.24) is 4.90 Å². The summed E-state index contributed by atoms with van der Waals surface area (Å²) in [5, 5.41) is 7.98. The SMILES string of the molecule is N#CCCN1C(=O)CCC1CC(=O)Cl. The Kier molecular flexibility index (Phi) is 3.90. The molecule has 1 aliphatic rings. The highest BCUT2D eigenvalue weighted by atomic mass is 35.5. The van der Waals surface area contributed by atoms with Crippen molar-refractivity contribution in [2.75, 3.05) is 6.54 Å². The van der Waals surface area contributed by atoms with Crippen LogP contribution < -0.4 is 0 Å². The third kappa shape index (κ3) is 2.71. The van der Waals surface area contributed by atoms with Gasteiger partial charge in [-0.15, -0.1) is 0 Å². The molecule has 1 rings (SSSR count). The topological polar surface area (TPSA) is 61.2 Å².